The molecular weight excluding hydrogens is 274 g/mol. The molecule has 0 fully saturated rings. The third-order valence-corrected chi connectivity index (χ3v) is 2.97. The molecule has 0 saturated heterocycles. The Labute approximate surface area is 123 Å². The van der Waals surface area contributed by atoms with Crippen LogP contribution in [0, 0.1) is 0 Å². The number of amides is 2. The number of phenols is 2. The molecule has 0 aliphatic carbocycles. The smallest absolute Gasteiger partial charge is 0.237 e. The Morgan fingerprint density at radius 2 is 1.95 bits per heavy atom. The molecule has 2 amide bonds. The Kier molecular flexibility index (Phi) is 5.98. The molecule has 5 N–H and O–H groups in total. The van der Waals surface area contributed by atoms with Gasteiger partial charge in [0.1, 0.15) is 0 Å². The molecule has 7 nitrogen and oxygen atoms in total. The van der Waals surface area contributed by atoms with Crippen LogP contribution in [0.25, 0.3) is 0 Å². The highest BCUT2D eigenvalue weighted by atomic mass is 16.3. The van der Waals surface area contributed by atoms with E-state index in [1.807, 2.05) is 0 Å². The Bertz CT molecular complexity index is 517. The number of nitrogens with one attached hydrogen (secondary N) is 1. The Morgan fingerprint density at radius 3 is 2.52 bits per heavy atom. The van der Waals surface area contributed by atoms with Crippen LogP contribution >= 0.6 is 0 Å². The van der Waals surface area contributed by atoms with E-state index in [4.69, 9.17) is 5.73 Å². The highest BCUT2D eigenvalue weighted by Gasteiger charge is 2.15. The van der Waals surface area contributed by atoms with Crippen molar-refractivity contribution in [1.29, 1.82) is 0 Å². The van der Waals surface area contributed by atoms with E-state index in [9.17, 15) is 19.8 Å². The summed E-state index contributed by atoms with van der Waals surface area (Å²) in [7, 11) is 3.29. The van der Waals surface area contributed by atoms with Crippen LogP contribution in [0.4, 0.5) is 0 Å². The number of hydrogen-bond acceptors (Lipinski definition) is 5. The van der Waals surface area contributed by atoms with Gasteiger partial charge in [-0.15, -0.1) is 0 Å². The monoisotopic (exact) mass is 295 g/mol. The maximum Gasteiger partial charge on any atom is 0.237 e. The molecule has 116 valence electrons. The average molecular weight is 295 g/mol. The van der Waals surface area contributed by atoms with Gasteiger partial charge in [0.25, 0.3) is 0 Å². The molecule has 0 radical (unpaired) electrons. The van der Waals surface area contributed by atoms with E-state index in [0.717, 1.165) is 0 Å². The fourth-order valence-corrected chi connectivity index (χ4v) is 1.69. The second-order valence-corrected chi connectivity index (χ2v) is 4.96. The van der Waals surface area contributed by atoms with E-state index in [1.54, 1.807) is 20.2 Å². The van der Waals surface area contributed by atoms with Gasteiger partial charge in [0.05, 0.1) is 6.04 Å². The number of benzene rings is 1. The first-order valence-electron chi connectivity index (χ1n) is 6.55. The summed E-state index contributed by atoms with van der Waals surface area (Å²) in [5, 5.41) is 21.2. The molecule has 1 rings (SSSR count). The molecule has 0 heterocycles. The van der Waals surface area contributed by atoms with E-state index in [2.05, 4.69) is 5.32 Å². The summed E-state index contributed by atoms with van der Waals surface area (Å²) >= 11 is 0. The molecular formula is C14H21N3O4. The molecule has 0 aromatic heterocycles. The predicted octanol–water partition coefficient (Wildman–Crippen LogP) is -0.438. The first kappa shape index (κ1) is 16.8. The lowest BCUT2D eigenvalue weighted by molar-refractivity contribution is -0.128. The van der Waals surface area contributed by atoms with Gasteiger partial charge in [-0.05, 0) is 24.1 Å². The number of phenolic OH excluding ortho intramolecular Hbond substituents is 2. The lowest BCUT2D eigenvalue weighted by atomic mass is 10.1. The average Bonchev–Trinajstić information content (AvgIpc) is 2.42. The Hall–Kier alpha value is -2.28. The van der Waals surface area contributed by atoms with Gasteiger partial charge in [-0.2, -0.15) is 0 Å². The summed E-state index contributed by atoms with van der Waals surface area (Å²) in [6.45, 7) is 0.227. The minimum Gasteiger partial charge on any atom is -0.504 e. The van der Waals surface area contributed by atoms with Crippen LogP contribution in [0.2, 0.25) is 0 Å². The second kappa shape index (κ2) is 7.49. The van der Waals surface area contributed by atoms with Crippen LogP contribution in [0.1, 0.15) is 12.0 Å². The lowest BCUT2D eigenvalue weighted by Gasteiger charge is -2.14. The van der Waals surface area contributed by atoms with E-state index < -0.39 is 6.04 Å². The number of nitrogens with zero attached hydrogens (tertiary/aromatic N) is 1. The minimum absolute atomic E-state index is 0.0765. The topological polar surface area (TPSA) is 116 Å². The lowest BCUT2D eigenvalue weighted by Crippen LogP contribution is -2.43. The second-order valence-electron chi connectivity index (χ2n) is 4.96. The number of rotatable bonds is 6. The fraction of sp³-hybridized carbons (Fsp3) is 0.429. The van der Waals surface area contributed by atoms with Crippen molar-refractivity contribution in [2.75, 3.05) is 20.6 Å². The van der Waals surface area contributed by atoms with Crippen molar-refractivity contribution in [3.63, 3.8) is 0 Å². The molecule has 0 bridgehead atoms. The molecule has 1 aromatic rings. The molecule has 0 unspecified atom stereocenters. The molecule has 7 heteroatoms. The summed E-state index contributed by atoms with van der Waals surface area (Å²) in [5.41, 5.74) is 6.40. The quantitative estimate of drug-likeness (QED) is 0.531. The summed E-state index contributed by atoms with van der Waals surface area (Å²) in [6.07, 6.45) is 0.437. The third-order valence-electron chi connectivity index (χ3n) is 2.97. The van der Waals surface area contributed by atoms with E-state index in [0.29, 0.717) is 5.56 Å². The normalized spacial score (nSPS) is 11.8. The van der Waals surface area contributed by atoms with E-state index in [1.165, 1.54) is 17.0 Å². The van der Waals surface area contributed by atoms with Crippen molar-refractivity contribution in [3.8, 4) is 11.5 Å². The molecule has 1 aromatic carbocycles. The maximum absolute atomic E-state index is 11.8. The summed E-state index contributed by atoms with van der Waals surface area (Å²) in [4.78, 5) is 24.6. The van der Waals surface area contributed by atoms with Crippen molar-refractivity contribution in [2.45, 2.75) is 18.9 Å². The molecule has 0 saturated carbocycles. The van der Waals surface area contributed by atoms with Gasteiger partial charge in [-0.1, -0.05) is 6.07 Å². The Balaban J connectivity index is 2.44. The third kappa shape index (κ3) is 5.31. The van der Waals surface area contributed by atoms with Crippen LogP contribution in [0.3, 0.4) is 0 Å². The van der Waals surface area contributed by atoms with E-state index >= 15 is 0 Å². The zero-order chi connectivity index (χ0) is 16.0. The van der Waals surface area contributed by atoms with Crippen LogP contribution in [-0.4, -0.2) is 53.6 Å². The zero-order valence-electron chi connectivity index (χ0n) is 12.2. The molecule has 0 aliphatic heterocycles. The predicted molar refractivity (Wildman–Crippen MR) is 77.8 cm³/mol. The van der Waals surface area contributed by atoms with Crippen molar-refractivity contribution >= 4 is 11.8 Å². The number of carbonyl (C=O) groups is 2. The molecule has 21 heavy (non-hydrogen) atoms. The first-order valence-corrected chi connectivity index (χ1v) is 6.55. The van der Waals surface area contributed by atoms with Crippen LogP contribution in [0.5, 0.6) is 11.5 Å². The van der Waals surface area contributed by atoms with Gasteiger partial charge in [-0.3, -0.25) is 9.59 Å². The van der Waals surface area contributed by atoms with Crippen molar-refractivity contribution < 1.29 is 19.8 Å². The highest BCUT2D eigenvalue weighted by molar-refractivity contribution is 5.82. The van der Waals surface area contributed by atoms with Gasteiger partial charge in [-0.25, -0.2) is 0 Å². The summed E-state index contributed by atoms with van der Waals surface area (Å²) in [6, 6.07) is 3.49. The standard InChI is InChI=1S/C14H21N3O4/c1-17(2)13(20)5-6-16-14(21)10(15)7-9-3-4-11(18)12(19)8-9/h3-4,8,10,18-19H,5-7,15H2,1-2H3,(H,16,21)/t10-/m0/s1. The fourth-order valence-electron chi connectivity index (χ4n) is 1.69. The number of hydrogen-bond donors (Lipinski definition) is 4. The van der Waals surface area contributed by atoms with E-state index in [-0.39, 0.29) is 42.7 Å². The van der Waals surface area contributed by atoms with Gasteiger partial charge >= 0.3 is 0 Å². The summed E-state index contributed by atoms with van der Waals surface area (Å²) < 4.78 is 0. The van der Waals surface area contributed by atoms with Crippen molar-refractivity contribution in [3.05, 3.63) is 23.8 Å². The van der Waals surface area contributed by atoms with Gasteiger partial charge < -0.3 is 26.2 Å². The number of nitrogens with two attached hydrogens (primary N) is 1. The highest BCUT2D eigenvalue weighted by Crippen LogP contribution is 2.25. The van der Waals surface area contributed by atoms with Gasteiger partial charge in [0, 0.05) is 27.1 Å². The van der Waals surface area contributed by atoms with Gasteiger partial charge in [0.2, 0.25) is 11.8 Å². The van der Waals surface area contributed by atoms with Crippen LogP contribution in [-0.2, 0) is 16.0 Å². The summed E-state index contributed by atoms with van der Waals surface area (Å²) in [5.74, 6) is -0.919. The molecule has 1 atom stereocenters. The minimum atomic E-state index is -0.789. The van der Waals surface area contributed by atoms with Gasteiger partial charge in [0.15, 0.2) is 11.5 Å². The van der Waals surface area contributed by atoms with Crippen molar-refractivity contribution in [1.82, 2.24) is 10.2 Å². The largest absolute Gasteiger partial charge is 0.504 e. The van der Waals surface area contributed by atoms with Crippen molar-refractivity contribution in [2.24, 2.45) is 5.73 Å². The maximum atomic E-state index is 11.8. The van der Waals surface area contributed by atoms with Crippen LogP contribution < -0.4 is 11.1 Å². The zero-order valence-corrected chi connectivity index (χ0v) is 12.2. The Morgan fingerprint density at radius 1 is 1.29 bits per heavy atom. The number of carbonyl (C=O) groups excluding carboxylic acids is 2. The SMILES string of the molecule is CN(C)C(=O)CCNC(=O)[C@@H](N)Cc1ccc(O)c(O)c1. The van der Waals surface area contributed by atoms with Crippen LogP contribution in [0.15, 0.2) is 18.2 Å². The molecule has 0 aliphatic rings. The molecule has 0 spiro atoms. The number of aromatic hydroxyl groups is 2. The first-order chi connectivity index (χ1) is 9.81.